The van der Waals surface area contributed by atoms with Gasteiger partial charge in [-0.2, -0.15) is 0 Å². The van der Waals surface area contributed by atoms with E-state index in [1.165, 1.54) is 47.1 Å². The minimum atomic E-state index is 0.625. The number of hydrogen-bond donors (Lipinski definition) is 0. The molecule has 0 N–H and O–H groups in total. The van der Waals surface area contributed by atoms with Crippen molar-refractivity contribution >= 4 is 84.6 Å². The zero-order valence-corrected chi connectivity index (χ0v) is 36.0. The number of thiophene rings is 2. The normalized spacial score (nSPS) is 11.8. The quantitative estimate of drug-likeness (QED) is 0.167. The van der Waals surface area contributed by atoms with Gasteiger partial charge in [0.2, 0.25) is 0 Å². The molecule has 0 radical (unpaired) electrons. The lowest BCUT2D eigenvalue weighted by Crippen LogP contribution is -2.04. The highest BCUT2D eigenvalue weighted by molar-refractivity contribution is 7.26. The zero-order valence-electron chi connectivity index (χ0n) is 34.4. The molecule has 0 bridgehead atoms. The van der Waals surface area contributed by atoms with Crippen LogP contribution in [0, 0.1) is 0 Å². The molecule has 0 aliphatic rings. The van der Waals surface area contributed by atoms with Gasteiger partial charge in [-0.25, -0.2) is 15.0 Å². The van der Waals surface area contributed by atoms with E-state index in [0.29, 0.717) is 17.5 Å². The molecule has 0 amide bonds. The summed E-state index contributed by atoms with van der Waals surface area (Å²) in [7, 11) is 0. The van der Waals surface area contributed by atoms with Crippen molar-refractivity contribution < 1.29 is 0 Å². The fraction of sp³-hybridized carbons (Fsp3) is 0. The molecule has 0 saturated carbocycles. The Morgan fingerprint density at radius 1 is 0.250 bits per heavy atom. The Balaban J connectivity index is 1.20. The third-order valence-electron chi connectivity index (χ3n) is 12.6. The van der Waals surface area contributed by atoms with E-state index in [1.54, 1.807) is 22.7 Å². The van der Waals surface area contributed by atoms with E-state index >= 15 is 0 Å². The number of benzene rings is 10. The highest BCUT2D eigenvalue weighted by atomic mass is 32.1. The molecule has 0 atom stereocenters. The van der Waals surface area contributed by atoms with Crippen LogP contribution in [-0.2, 0) is 0 Å². The fourth-order valence-electron chi connectivity index (χ4n) is 9.68. The van der Waals surface area contributed by atoms with Gasteiger partial charge in [-0.1, -0.05) is 188 Å². The van der Waals surface area contributed by atoms with Crippen LogP contribution < -0.4 is 0 Å². The van der Waals surface area contributed by atoms with Crippen molar-refractivity contribution in [3.8, 4) is 67.5 Å². The lowest BCUT2D eigenvalue weighted by atomic mass is 9.82. The predicted octanol–water partition coefficient (Wildman–Crippen LogP) is 16.9. The molecule has 10 aromatic carbocycles. The molecule has 13 aromatic rings. The van der Waals surface area contributed by atoms with E-state index in [0.717, 1.165) is 64.9 Å². The number of fused-ring (bicyclic) bond motifs is 8. The number of aromatic nitrogens is 3. The number of rotatable bonds is 6. The molecular weight excluding hydrogens is 815 g/mol. The molecule has 13 rings (SSSR count). The lowest BCUT2D eigenvalue weighted by Gasteiger charge is -2.22. The standard InChI is InChI=1S/C59H35N3S2/c1-2-16-38(17-3-1)41-34-35-46(42-26-12-20-36-18-4-6-22-39(36)42)53(45-27-13-21-37-19-5-7-23-40(37)45)54(41)59-61-57(49-30-14-28-47-43-24-8-10-32-51(43)63-55(47)49)60-58(62-59)50-31-15-29-48-44-25-9-11-33-52(44)64-56(48)50/h1-35H. The van der Waals surface area contributed by atoms with Gasteiger partial charge in [-0.05, 0) is 73.6 Å². The molecule has 0 fully saturated rings. The van der Waals surface area contributed by atoms with Crippen LogP contribution in [-0.4, -0.2) is 15.0 Å². The van der Waals surface area contributed by atoms with Crippen molar-refractivity contribution in [1.29, 1.82) is 0 Å². The maximum atomic E-state index is 5.68. The fourth-order valence-corrected chi connectivity index (χ4v) is 12.1. The summed E-state index contributed by atoms with van der Waals surface area (Å²) < 4.78 is 4.80. The first-order chi connectivity index (χ1) is 31.7. The first-order valence-corrected chi connectivity index (χ1v) is 23.1. The minimum absolute atomic E-state index is 0.625. The molecule has 0 saturated heterocycles. The first kappa shape index (κ1) is 36.8. The average Bonchev–Trinajstić information content (AvgIpc) is 3.95. The van der Waals surface area contributed by atoms with Crippen molar-refractivity contribution in [3.05, 3.63) is 212 Å². The van der Waals surface area contributed by atoms with Crippen molar-refractivity contribution in [3.63, 3.8) is 0 Å². The third kappa shape index (κ3) is 5.90. The van der Waals surface area contributed by atoms with Crippen LogP contribution in [0.25, 0.3) is 129 Å². The summed E-state index contributed by atoms with van der Waals surface area (Å²) in [5, 5.41) is 9.59. The van der Waals surface area contributed by atoms with Crippen molar-refractivity contribution in [2.45, 2.75) is 0 Å². The molecule has 298 valence electrons. The number of nitrogens with zero attached hydrogens (tertiary/aromatic N) is 3. The highest BCUT2D eigenvalue weighted by Gasteiger charge is 2.26. The number of hydrogen-bond acceptors (Lipinski definition) is 5. The largest absolute Gasteiger partial charge is 0.208 e. The first-order valence-electron chi connectivity index (χ1n) is 21.5. The predicted molar refractivity (Wildman–Crippen MR) is 273 cm³/mol. The van der Waals surface area contributed by atoms with Crippen molar-refractivity contribution in [1.82, 2.24) is 15.0 Å². The molecular formula is C59H35N3S2. The van der Waals surface area contributed by atoms with E-state index in [9.17, 15) is 0 Å². The summed E-state index contributed by atoms with van der Waals surface area (Å²) in [5.41, 5.74) is 9.56. The van der Waals surface area contributed by atoms with Crippen molar-refractivity contribution in [2.75, 3.05) is 0 Å². The Morgan fingerprint density at radius 3 is 1.28 bits per heavy atom. The minimum Gasteiger partial charge on any atom is -0.208 e. The summed E-state index contributed by atoms with van der Waals surface area (Å²) >= 11 is 3.59. The van der Waals surface area contributed by atoms with Gasteiger partial charge >= 0.3 is 0 Å². The van der Waals surface area contributed by atoms with Gasteiger partial charge in [0.25, 0.3) is 0 Å². The molecule has 0 spiro atoms. The van der Waals surface area contributed by atoms with Crippen LogP contribution in [0.15, 0.2) is 212 Å². The van der Waals surface area contributed by atoms with E-state index in [-0.39, 0.29) is 0 Å². The van der Waals surface area contributed by atoms with Gasteiger partial charge in [-0.15, -0.1) is 22.7 Å². The van der Waals surface area contributed by atoms with Crippen molar-refractivity contribution in [2.24, 2.45) is 0 Å². The van der Waals surface area contributed by atoms with Gasteiger partial charge in [0.1, 0.15) is 0 Å². The van der Waals surface area contributed by atoms with Gasteiger partial charge in [0, 0.05) is 62.6 Å². The average molecular weight is 850 g/mol. The maximum Gasteiger partial charge on any atom is 0.165 e. The highest BCUT2D eigenvalue weighted by Crippen LogP contribution is 2.49. The Hall–Kier alpha value is -7.83. The van der Waals surface area contributed by atoms with Crippen LogP contribution in [0.2, 0.25) is 0 Å². The molecule has 0 aliphatic carbocycles. The Morgan fingerprint density at radius 2 is 0.672 bits per heavy atom. The second kappa shape index (κ2) is 14.9. The van der Waals surface area contributed by atoms with E-state index in [4.69, 9.17) is 15.0 Å². The summed E-state index contributed by atoms with van der Waals surface area (Å²) in [6.45, 7) is 0. The topological polar surface area (TPSA) is 38.7 Å². The monoisotopic (exact) mass is 849 g/mol. The van der Waals surface area contributed by atoms with Gasteiger partial charge in [0.15, 0.2) is 17.5 Å². The molecule has 3 nitrogen and oxygen atoms in total. The van der Waals surface area contributed by atoms with Crippen LogP contribution >= 0.6 is 22.7 Å². The van der Waals surface area contributed by atoms with Gasteiger partial charge in [-0.3, -0.25) is 0 Å². The van der Waals surface area contributed by atoms with Crippen LogP contribution in [0.4, 0.5) is 0 Å². The Kier molecular flexibility index (Phi) is 8.58. The van der Waals surface area contributed by atoms with Crippen LogP contribution in [0.1, 0.15) is 0 Å². The lowest BCUT2D eigenvalue weighted by molar-refractivity contribution is 1.08. The molecule has 0 unspecified atom stereocenters. The molecule has 0 aliphatic heterocycles. The Bertz CT molecular complexity index is 3830. The molecule has 3 aromatic heterocycles. The van der Waals surface area contributed by atoms with Gasteiger partial charge < -0.3 is 0 Å². The van der Waals surface area contributed by atoms with Crippen LogP contribution in [0.5, 0.6) is 0 Å². The van der Waals surface area contributed by atoms with Crippen LogP contribution in [0.3, 0.4) is 0 Å². The zero-order chi connectivity index (χ0) is 42.1. The van der Waals surface area contributed by atoms with E-state index < -0.39 is 0 Å². The summed E-state index contributed by atoms with van der Waals surface area (Å²) in [5.74, 6) is 1.92. The Labute approximate surface area is 377 Å². The second-order valence-electron chi connectivity index (χ2n) is 16.2. The summed E-state index contributed by atoms with van der Waals surface area (Å²) in [6, 6.07) is 76.3. The van der Waals surface area contributed by atoms with Gasteiger partial charge in [0.05, 0.1) is 0 Å². The molecule has 3 heterocycles. The molecule has 64 heavy (non-hydrogen) atoms. The summed E-state index contributed by atoms with van der Waals surface area (Å²) in [6.07, 6.45) is 0. The summed E-state index contributed by atoms with van der Waals surface area (Å²) in [4.78, 5) is 16.9. The smallest absolute Gasteiger partial charge is 0.165 e. The molecule has 5 heteroatoms. The SMILES string of the molecule is c1ccc(-c2ccc(-c3cccc4ccccc34)c(-c3cccc4ccccc34)c2-c2nc(-c3cccc4c3sc3ccccc34)nc(-c3cccc4c3sc3ccccc34)n2)cc1. The maximum absolute atomic E-state index is 5.68. The van der Waals surface area contributed by atoms with E-state index in [1.807, 2.05) is 0 Å². The van der Waals surface area contributed by atoms with E-state index in [2.05, 4.69) is 212 Å². The third-order valence-corrected chi connectivity index (χ3v) is 15.0. The second-order valence-corrected chi connectivity index (χ2v) is 18.3.